The molecular formula is C11H11NO2. The van der Waals surface area contributed by atoms with Crippen LogP contribution in [-0.2, 0) is 17.6 Å². The molecule has 1 aromatic carbocycles. The van der Waals surface area contributed by atoms with E-state index in [9.17, 15) is 9.59 Å². The topological polar surface area (TPSA) is 60.2 Å². The molecule has 1 aliphatic rings. The molecule has 0 atom stereocenters. The van der Waals surface area contributed by atoms with Crippen molar-refractivity contribution >= 4 is 11.7 Å². The zero-order valence-electron chi connectivity index (χ0n) is 7.75. The molecule has 0 saturated heterocycles. The number of ketones is 1. The van der Waals surface area contributed by atoms with Gasteiger partial charge in [0.15, 0.2) is 0 Å². The molecule has 0 bridgehead atoms. The summed E-state index contributed by atoms with van der Waals surface area (Å²) in [5.74, 6) is -0.204. The Morgan fingerprint density at radius 3 is 2.71 bits per heavy atom. The second kappa shape index (κ2) is 3.25. The highest BCUT2D eigenvalue weighted by atomic mass is 16.1. The number of aryl methyl sites for hydroxylation is 1. The van der Waals surface area contributed by atoms with Gasteiger partial charge in [0.2, 0.25) is 5.91 Å². The summed E-state index contributed by atoms with van der Waals surface area (Å²) >= 11 is 0. The molecule has 14 heavy (non-hydrogen) atoms. The predicted octanol–water partition coefficient (Wildman–Crippen LogP) is 0.843. The van der Waals surface area contributed by atoms with Gasteiger partial charge in [-0.3, -0.25) is 9.59 Å². The molecule has 1 aliphatic carbocycles. The maximum absolute atomic E-state index is 11.2. The van der Waals surface area contributed by atoms with Crippen LogP contribution < -0.4 is 5.73 Å². The molecule has 3 nitrogen and oxygen atoms in total. The predicted molar refractivity (Wildman–Crippen MR) is 52.0 cm³/mol. The third-order valence-corrected chi connectivity index (χ3v) is 2.55. The van der Waals surface area contributed by atoms with Gasteiger partial charge in [-0.15, -0.1) is 0 Å². The van der Waals surface area contributed by atoms with E-state index in [0.29, 0.717) is 18.4 Å². The number of carbonyl (C=O) groups is 2. The summed E-state index contributed by atoms with van der Waals surface area (Å²) in [6, 6.07) is 5.34. The lowest BCUT2D eigenvalue weighted by Crippen LogP contribution is -2.16. The fourth-order valence-electron chi connectivity index (χ4n) is 1.76. The van der Waals surface area contributed by atoms with Crippen molar-refractivity contribution in [2.45, 2.75) is 19.3 Å². The third kappa shape index (κ3) is 1.53. The molecule has 0 saturated carbocycles. The second-order valence-electron chi connectivity index (χ2n) is 3.56. The molecule has 0 aliphatic heterocycles. The number of hydrogen-bond donors (Lipinski definition) is 1. The minimum atomic E-state index is -0.439. The molecule has 1 amide bonds. The summed E-state index contributed by atoms with van der Waals surface area (Å²) in [4.78, 5) is 22.1. The van der Waals surface area contributed by atoms with Gasteiger partial charge in [-0.25, -0.2) is 0 Å². The van der Waals surface area contributed by atoms with Crippen LogP contribution in [0, 0.1) is 0 Å². The first-order valence-corrected chi connectivity index (χ1v) is 4.60. The fraction of sp³-hybridized carbons (Fsp3) is 0.273. The normalized spacial score (nSPS) is 15.0. The Balaban J connectivity index is 2.42. The third-order valence-electron chi connectivity index (χ3n) is 2.55. The maximum Gasteiger partial charge on any atom is 0.248 e. The molecule has 0 spiro atoms. The molecule has 2 rings (SSSR count). The van der Waals surface area contributed by atoms with Gasteiger partial charge >= 0.3 is 0 Å². The van der Waals surface area contributed by atoms with E-state index < -0.39 is 5.91 Å². The number of Topliss-reactive ketones (excluding diaryl/α,β-unsaturated/α-hetero) is 1. The number of carbonyl (C=O) groups excluding carboxylic acids is 2. The number of fused-ring (bicyclic) bond motifs is 1. The average molecular weight is 189 g/mol. The van der Waals surface area contributed by atoms with Crippen LogP contribution in [0.1, 0.15) is 27.9 Å². The van der Waals surface area contributed by atoms with Crippen LogP contribution in [0.3, 0.4) is 0 Å². The first-order chi connectivity index (χ1) is 6.66. The van der Waals surface area contributed by atoms with Crippen molar-refractivity contribution in [3.05, 3.63) is 34.9 Å². The van der Waals surface area contributed by atoms with Gasteiger partial charge in [-0.2, -0.15) is 0 Å². The summed E-state index contributed by atoms with van der Waals surface area (Å²) < 4.78 is 0. The first-order valence-electron chi connectivity index (χ1n) is 4.60. The highest BCUT2D eigenvalue weighted by Gasteiger charge is 2.16. The van der Waals surface area contributed by atoms with Gasteiger partial charge in [0.25, 0.3) is 0 Å². The lowest BCUT2D eigenvalue weighted by atomic mass is 9.89. The number of amides is 1. The first kappa shape index (κ1) is 8.94. The van der Waals surface area contributed by atoms with Crippen LogP contribution in [0.15, 0.2) is 18.2 Å². The van der Waals surface area contributed by atoms with Gasteiger partial charge in [0, 0.05) is 18.4 Å². The largest absolute Gasteiger partial charge is 0.366 e. The summed E-state index contributed by atoms with van der Waals surface area (Å²) in [5, 5.41) is 0. The molecular weight excluding hydrogens is 178 g/mol. The SMILES string of the molecule is NC(=O)c1ccc2c(c1)CC(=O)CC2. The van der Waals surface area contributed by atoms with E-state index >= 15 is 0 Å². The van der Waals surface area contributed by atoms with Crippen LogP contribution in [0.4, 0.5) is 0 Å². The second-order valence-corrected chi connectivity index (χ2v) is 3.56. The Morgan fingerprint density at radius 1 is 1.21 bits per heavy atom. The molecule has 2 N–H and O–H groups in total. The molecule has 0 heterocycles. The van der Waals surface area contributed by atoms with Crippen molar-refractivity contribution < 1.29 is 9.59 Å². The summed E-state index contributed by atoms with van der Waals surface area (Å²) in [5.41, 5.74) is 7.76. The zero-order chi connectivity index (χ0) is 10.1. The van der Waals surface area contributed by atoms with Crippen molar-refractivity contribution in [2.24, 2.45) is 5.73 Å². The van der Waals surface area contributed by atoms with Crippen molar-refractivity contribution in [3.63, 3.8) is 0 Å². The van der Waals surface area contributed by atoms with E-state index in [2.05, 4.69) is 0 Å². The van der Waals surface area contributed by atoms with E-state index in [-0.39, 0.29) is 5.78 Å². The molecule has 3 heteroatoms. The van der Waals surface area contributed by atoms with Crippen LogP contribution in [-0.4, -0.2) is 11.7 Å². The zero-order valence-corrected chi connectivity index (χ0v) is 7.75. The van der Waals surface area contributed by atoms with E-state index in [4.69, 9.17) is 5.73 Å². The van der Waals surface area contributed by atoms with Crippen molar-refractivity contribution in [1.29, 1.82) is 0 Å². The van der Waals surface area contributed by atoms with Gasteiger partial charge in [-0.1, -0.05) is 6.07 Å². The smallest absolute Gasteiger partial charge is 0.248 e. The molecule has 72 valence electrons. The van der Waals surface area contributed by atoms with Crippen LogP contribution in [0.25, 0.3) is 0 Å². The molecule has 0 radical (unpaired) electrons. The Labute approximate surface area is 81.9 Å². The lowest BCUT2D eigenvalue weighted by Gasteiger charge is -2.14. The van der Waals surface area contributed by atoms with E-state index in [1.165, 1.54) is 0 Å². The maximum atomic E-state index is 11.2. The van der Waals surface area contributed by atoms with Gasteiger partial charge in [0.1, 0.15) is 5.78 Å². The number of nitrogens with two attached hydrogens (primary N) is 1. The van der Waals surface area contributed by atoms with Crippen molar-refractivity contribution in [1.82, 2.24) is 0 Å². The average Bonchev–Trinajstić information content (AvgIpc) is 2.16. The standard InChI is InChI=1S/C11H11NO2/c12-11(14)8-2-1-7-3-4-10(13)6-9(7)5-8/h1-2,5H,3-4,6H2,(H2,12,14). The van der Waals surface area contributed by atoms with Crippen LogP contribution in [0.5, 0.6) is 0 Å². The van der Waals surface area contributed by atoms with E-state index in [0.717, 1.165) is 17.5 Å². The van der Waals surface area contributed by atoms with Gasteiger partial charge in [-0.05, 0) is 29.7 Å². The highest BCUT2D eigenvalue weighted by molar-refractivity contribution is 5.93. The highest BCUT2D eigenvalue weighted by Crippen LogP contribution is 2.20. The number of rotatable bonds is 1. The lowest BCUT2D eigenvalue weighted by molar-refractivity contribution is -0.118. The van der Waals surface area contributed by atoms with Gasteiger partial charge < -0.3 is 5.73 Å². The number of primary amides is 1. The number of hydrogen-bond acceptors (Lipinski definition) is 2. The van der Waals surface area contributed by atoms with Crippen LogP contribution in [0.2, 0.25) is 0 Å². The Kier molecular flexibility index (Phi) is 2.08. The summed E-state index contributed by atoms with van der Waals surface area (Å²) in [6.45, 7) is 0. The summed E-state index contributed by atoms with van der Waals surface area (Å²) in [6.07, 6.45) is 1.84. The molecule has 0 aromatic heterocycles. The minimum Gasteiger partial charge on any atom is -0.366 e. The fourth-order valence-corrected chi connectivity index (χ4v) is 1.76. The van der Waals surface area contributed by atoms with E-state index in [1.54, 1.807) is 12.1 Å². The quantitative estimate of drug-likeness (QED) is 0.711. The molecule has 0 fully saturated rings. The Hall–Kier alpha value is -1.64. The van der Waals surface area contributed by atoms with E-state index in [1.807, 2.05) is 6.07 Å². The Bertz CT molecular complexity index is 410. The van der Waals surface area contributed by atoms with Crippen molar-refractivity contribution in [3.8, 4) is 0 Å². The molecule has 1 aromatic rings. The van der Waals surface area contributed by atoms with Crippen molar-refractivity contribution in [2.75, 3.05) is 0 Å². The Morgan fingerprint density at radius 2 is 2.00 bits per heavy atom. The van der Waals surface area contributed by atoms with Crippen LogP contribution >= 0.6 is 0 Å². The minimum absolute atomic E-state index is 0.235. The number of benzene rings is 1. The molecule has 0 unspecified atom stereocenters. The monoisotopic (exact) mass is 189 g/mol. The summed E-state index contributed by atoms with van der Waals surface area (Å²) in [7, 11) is 0. The van der Waals surface area contributed by atoms with Gasteiger partial charge in [0.05, 0.1) is 0 Å².